The van der Waals surface area contributed by atoms with E-state index in [9.17, 15) is 8.42 Å². The molecule has 2 aliphatic rings. The molecule has 1 aliphatic carbocycles. The highest BCUT2D eigenvalue weighted by Gasteiger charge is 2.40. The van der Waals surface area contributed by atoms with Gasteiger partial charge in [0, 0.05) is 38.4 Å². The molecule has 2 aromatic heterocycles. The number of rotatable bonds is 4. The summed E-state index contributed by atoms with van der Waals surface area (Å²) in [6.07, 6.45) is 5.88. The van der Waals surface area contributed by atoms with Gasteiger partial charge in [-0.2, -0.15) is 4.31 Å². The van der Waals surface area contributed by atoms with Gasteiger partial charge in [-0.05, 0) is 19.8 Å². The third-order valence-electron chi connectivity index (χ3n) is 4.42. The van der Waals surface area contributed by atoms with Gasteiger partial charge in [0.25, 0.3) is 10.0 Å². The van der Waals surface area contributed by atoms with Crippen LogP contribution in [0, 0.1) is 6.92 Å². The van der Waals surface area contributed by atoms with Gasteiger partial charge in [-0.25, -0.2) is 18.1 Å². The predicted molar refractivity (Wildman–Crippen MR) is 77.7 cm³/mol. The first kappa shape index (κ1) is 13.9. The van der Waals surface area contributed by atoms with Gasteiger partial charge in [-0.15, -0.1) is 5.10 Å². The molecule has 9 heteroatoms. The lowest BCUT2D eigenvalue weighted by molar-refractivity contribution is 0.188. The summed E-state index contributed by atoms with van der Waals surface area (Å²) >= 11 is 0. The Balaban J connectivity index is 1.47. The largest absolute Gasteiger partial charge is 0.337 e. The topological polar surface area (TPSA) is 85.9 Å². The van der Waals surface area contributed by atoms with Crippen LogP contribution in [0.4, 0.5) is 0 Å². The van der Waals surface area contributed by atoms with Gasteiger partial charge in [-0.1, -0.05) is 5.21 Å². The van der Waals surface area contributed by atoms with Gasteiger partial charge in [0.1, 0.15) is 5.82 Å². The van der Waals surface area contributed by atoms with Crippen molar-refractivity contribution in [1.29, 1.82) is 0 Å². The molecule has 2 fully saturated rings. The number of aryl methyl sites for hydroxylation is 2. The molecule has 0 atom stereocenters. The van der Waals surface area contributed by atoms with Crippen LogP contribution in [0.5, 0.6) is 0 Å². The smallest absolute Gasteiger partial charge is 0.262 e. The SMILES string of the molecule is Cc1nc(S(=O)(=O)N2CC(n3cc(C4CC4)nn3)C2)cn1C. The average molecular weight is 322 g/mol. The predicted octanol–water partition coefficient (Wildman–Crippen LogP) is 0.443. The van der Waals surface area contributed by atoms with E-state index in [0.29, 0.717) is 24.8 Å². The van der Waals surface area contributed by atoms with Crippen LogP contribution in [0.25, 0.3) is 0 Å². The van der Waals surface area contributed by atoms with Crippen molar-refractivity contribution in [3.05, 3.63) is 23.9 Å². The Hall–Kier alpha value is -1.74. The van der Waals surface area contributed by atoms with Crippen molar-refractivity contribution < 1.29 is 8.42 Å². The van der Waals surface area contributed by atoms with E-state index in [1.807, 2.05) is 6.20 Å². The van der Waals surface area contributed by atoms with E-state index in [1.54, 1.807) is 29.4 Å². The highest BCUT2D eigenvalue weighted by molar-refractivity contribution is 7.89. The Bertz CT molecular complexity index is 794. The number of imidazole rings is 1. The van der Waals surface area contributed by atoms with Crippen molar-refractivity contribution in [3.63, 3.8) is 0 Å². The number of hydrogen-bond acceptors (Lipinski definition) is 5. The van der Waals surface area contributed by atoms with Gasteiger partial charge >= 0.3 is 0 Å². The summed E-state index contributed by atoms with van der Waals surface area (Å²) in [4.78, 5) is 4.12. The molecule has 1 saturated carbocycles. The van der Waals surface area contributed by atoms with Crippen molar-refractivity contribution in [2.45, 2.75) is 36.8 Å². The number of sulfonamides is 1. The minimum atomic E-state index is -3.50. The zero-order valence-corrected chi connectivity index (χ0v) is 13.4. The molecule has 0 N–H and O–H groups in total. The highest BCUT2D eigenvalue weighted by atomic mass is 32.2. The van der Waals surface area contributed by atoms with E-state index in [0.717, 1.165) is 5.69 Å². The molecule has 3 heterocycles. The number of hydrogen-bond donors (Lipinski definition) is 0. The number of aromatic nitrogens is 5. The van der Waals surface area contributed by atoms with Crippen molar-refractivity contribution >= 4 is 10.0 Å². The summed E-state index contributed by atoms with van der Waals surface area (Å²) in [5, 5.41) is 8.42. The molecule has 0 radical (unpaired) electrons. The van der Waals surface area contributed by atoms with Crippen LogP contribution in [0.15, 0.2) is 17.4 Å². The Morgan fingerprint density at radius 1 is 1.23 bits per heavy atom. The molecular formula is C13H18N6O2S. The second-order valence-electron chi connectivity index (χ2n) is 6.11. The lowest BCUT2D eigenvalue weighted by Gasteiger charge is -2.36. The molecule has 0 bridgehead atoms. The first-order chi connectivity index (χ1) is 10.4. The normalized spacial score (nSPS) is 20.3. The van der Waals surface area contributed by atoms with Gasteiger partial charge in [-0.3, -0.25) is 0 Å². The maximum absolute atomic E-state index is 12.5. The summed E-state index contributed by atoms with van der Waals surface area (Å²) in [7, 11) is -1.72. The fourth-order valence-electron chi connectivity index (χ4n) is 2.60. The fraction of sp³-hybridized carbons (Fsp3) is 0.615. The lowest BCUT2D eigenvalue weighted by atomic mass is 10.2. The maximum Gasteiger partial charge on any atom is 0.262 e. The monoisotopic (exact) mass is 322 g/mol. The Labute approximate surface area is 128 Å². The molecule has 1 aliphatic heterocycles. The Morgan fingerprint density at radius 3 is 2.55 bits per heavy atom. The minimum absolute atomic E-state index is 0.0691. The zero-order chi connectivity index (χ0) is 15.5. The first-order valence-corrected chi connectivity index (χ1v) is 8.81. The molecule has 4 rings (SSSR count). The van der Waals surface area contributed by atoms with Crippen molar-refractivity contribution in [1.82, 2.24) is 28.9 Å². The third kappa shape index (κ3) is 2.15. The molecule has 118 valence electrons. The van der Waals surface area contributed by atoms with E-state index >= 15 is 0 Å². The van der Waals surface area contributed by atoms with Crippen LogP contribution in [0.2, 0.25) is 0 Å². The quantitative estimate of drug-likeness (QED) is 0.815. The zero-order valence-electron chi connectivity index (χ0n) is 12.5. The standard InChI is InChI=1S/C13H18N6O2S/c1-9-14-13(8-17(9)2)22(20,21)18-5-11(6-18)19-7-12(15-16-19)10-3-4-10/h7-8,10-11H,3-6H2,1-2H3. The van der Waals surface area contributed by atoms with Crippen molar-refractivity contribution in [2.24, 2.45) is 7.05 Å². The summed E-state index contributed by atoms with van der Waals surface area (Å²) in [6.45, 7) is 2.63. The van der Waals surface area contributed by atoms with Gasteiger partial charge in [0.05, 0.1) is 11.7 Å². The number of nitrogens with zero attached hydrogens (tertiary/aromatic N) is 6. The first-order valence-electron chi connectivity index (χ1n) is 7.37. The molecule has 0 aromatic carbocycles. The second kappa shape index (κ2) is 4.63. The van der Waals surface area contributed by atoms with Crippen molar-refractivity contribution in [3.8, 4) is 0 Å². The van der Waals surface area contributed by atoms with E-state index in [1.165, 1.54) is 17.1 Å². The Morgan fingerprint density at radius 2 is 1.95 bits per heavy atom. The van der Waals surface area contributed by atoms with Gasteiger partial charge in [0.2, 0.25) is 0 Å². The molecule has 2 aromatic rings. The second-order valence-corrected chi connectivity index (χ2v) is 8.00. The van der Waals surface area contributed by atoms with E-state index < -0.39 is 10.0 Å². The van der Waals surface area contributed by atoms with E-state index in [-0.39, 0.29) is 11.1 Å². The summed E-state index contributed by atoms with van der Waals surface area (Å²) in [6, 6.07) is 0.0691. The fourth-order valence-corrected chi connectivity index (χ4v) is 4.14. The summed E-state index contributed by atoms with van der Waals surface area (Å²) < 4.78 is 29.9. The van der Waals surface area contributed by atoms with Crippen LogP contribution in [-0.2, 0) is 17.1 Å². The van der Waals surface area contributed by atoms with Crippen LogP contribution in [0.1, 0.15) is 36.3 Å². The molecule has 0 spiro atoms. The highest BCUT2D eigenvalue weighted by Crippen LogP contribution is 2.39. The summed E-state index contributed by atoms with van der Waals surface area (Å²) in [5.74, 6) is 1.24. The minimum Gasteiger partial charge on any atom is -0.337 e. The van der Waals surface area contributed by atoms with Crippen LogP contribution in [0.3, 0.4) is 0 Å². The van der Waals surface area contributed by atoms with Crippen LogP contribution in [-0.4, -0.2) is 50.4 Å². The average Bonchev–Trinajstić information content (AvgIpc) is 3.05. The lowest BCUT2D eigenvalue weighted by Crippen LogP contribution is -2.50. The van der Waals surface area contributed by atoms with E-state index in [2.05, 4.69) is 15.3 Å². The maximum atomic E-state index is 12.5. The molecule has 8 nitrogen and oxygen atoms in total. The van der Waals surface area contributed by atoms with Gasteiger partial charge < -0.3 is 4.57 Å². The molecule has 1 saturated heterocycles. The van der Waals surface area contributed by atoms with Crippen LogP contribution >= 0.6 is 0 Å². The molecular weight excluding hydrogens is 304 g/mol. The summed E-state index contributed by atoms with van der Waals surface area (Å²) in [5.41, 5.74) is 1.03. The molecule has 0 unspecified atom stereocenters. The van der Waals surface area contributed by atoms with Gasteiger partial charge in [0.15, 0.2) is 5.03 Å². The third-order valence-corrected chi connectivity index (χ3v) is 6.12. The molecule has 0 amide bonds. The molecule has 22 heavy (non-hydrogen) atoms. The Kier molecular flexibility index (Phi) is 2.92. The van der Waals surface area contributed by atoms with Crippen LogP contribution < -0.4 is 0 Å². The van der Waals surface area contributed by atoms with E-state index in [4.69, 9.17) is 0 Å². The van der Waals surface area contributed by atoms with Crippen molar-refractivity contribution in [2.75, 3.05) is 13.1 Å².